The zero-order valence-electron chi connectivity index (χ0n) is 36.8. The van der Waals surface area contributed by atoms with E-state index in [1.807, 2.05) is 30.4 Å². The molecule has 0 aromatic heterocycles. The maximum absolute atomic E-state index is 13.1. The van der Waals surface area contributed by atoms with Crippen molar-refractivity contribution >= 4 is 11.9 Å². The number of aliphatic hydroxyl groups is 2. The lowest BCUT2D eigenvalue weighted by Crippen LogP contribution is -2.46. The van der Waals surface area contributed by atoms with Crippen LogP contribution < -0.4 is 5.32 Å². The Morgan fingerprint density at radius 2 is 1.00 bits per heavy atom. The van der Waals surface area contributed by atoms with Crippen molar-refractivity contribution in [1.82, 2.24) is 5.32 Å². The first kappa shape index (κ1) is 53.6. The van der Waals surface area contributed by atoms with E-state index in [0.717, 1.165) is 70.6 Å². The molecule has 0 fully saturated rings. The molecule has 0 aliphatic carbocycles. The van der Waals surface area contributed by atoms with Crippen molar-refractivity contribution < 1.29 is 24.5 Å². The number of amides is 1. The smallest absolute Gasteiger partial charge is 0.306 e. The lowest BCUT2D eigenvalue weighted by molar-refractivity contribution is -0.151. The van der Waals surface area contributed by atoms with Crippen molar-refractivity contribution in [3.05, 3.63) is 60.8 Å². The highest BCUT2D eigenvalue weighted by molar-refractivity contribution is 5.77. The molecule has 0 aliphatic heterocycles. The van der Waals surface area contributed by atoms with E-state index in [1.165, 1.54) is 103 Å². The van der Waals surface area contributed by atoms with Crippen LogP contribution >= 0.6 is 0 Å². The predicted octanol–water partition coefficient (Wildman–Crippen LogP) is 13.7. The Balaban J connectivity index is 4.69. The van der Waals surface area contributed by atoms with Crippen molar-refractivity contribution in [3.8, 4) is 0 Å². The predicted molar refractivity (Wildman–Crippen MR) is 241 cm³/mol. The van der Waals surface area contributed by atoms with Crippen LogP contribution in [0.3, 0.4) is 0 Å². The maximum atomic E-state index is 13.1. The van der Waals surface area contributed by atoms with Gasteiger partial charge in [-0.1, -0.05) is 204 Å². The van der Waals surface area contributed by atoms with E-state index in [0.29, 0.717) is 19.3 Å². The van der Waals surface area contributed by atoms with Crippen molar-refractivity contribution in [2.24, 2.45) is 0 Å². The van der Waals surface area contributed by atoms with Crippen LogP contribution in [0.4, 0.5) is 0 Å². The lowest BCUT2D eigenvalue weighted by atomic mass is 10.0. The van der Waals surface area contributed by atoms with Gasteiger partial charge in [-0.2, -0.15) is 0 Å². The van der Waals surface area contributed by atoms with E-state index < -0.39 is 18.2 Å². The first-order chi connectivity index (χ1) is 27.5. The average Bonchev–Trinajstić information content (AvgIpc) is 3.19. The summed E-state index contributed by atoms with van der Waals surface area (Å²) in [4.78, 5) is 26.0. The molecule has 0 saturated heterocycles. The maximum Gasteiger partial charge on any atom is 0.306 e. The van der Waals surface area contributed by atoms with Gasteiger partial charge in [0.25, 0.3) is 0 Å². The van der Waals surface area contributed by atoms with Gasteiger partial charge in [0.15, 0.2) is 0 Å². The molecule has 0 aromatic carbocycles. The van der Waals surface area contributed by atoms with E-state index in [9.17, 15) is 19.8 Å². The number of rotatable bonds is 41. The molecule has 0 heterocycles. The summed E-state index contributed by atoms with van der Waals surface area (Å²) >= 11 is 0. The number of hydrogen-bond acceptors (Lipinski definition) is 5. The minimum Gasteiger partial charge on any atom is -0.462 e. The van der Waals surface area contributed by atoms with Crippen LogP contribution in [0.1, 0.15) is 220 Å². The van der Waals surface area contributed by atoms with Gasteiger partial charge in [0.2, 0.25) is 5.91 Å². The molecule has 0 saturated carbocycles. The SMILES string of the molecule is CC/C=C/C=C/C=C\C=C/CCCCCC(=O)OC(CCC/C=C\CCCCCCCCC)CC(=O)NC(CO)C(O)CCCCCCCCCCCCCC. The molecular weight excluding hydrogens is 695 g/mol. The summed E-state index contributed by atoms with van der Waals surface area (Å²) in [5.74, 6) is -0.552. The zero-order chi connectivity index (χ0) is 41.0. The van der Waals surface area contributed by atoms with Crippen molar-refractivity contribution in [3.63, 3.8) is 0 Å². The van der Waals surface area contributed by atoms with Crippen LogP contribution in [-0.4, -0.2) is 46.9 Å². The van der Waals surface area contributed by atoms with Gasteiger partial charge in [0, 0.05) is 6.42 Å². The van der Waals surface area contributed by atoms with Gasteiger partial charge in [-0.15, -0.1) is 0 Å². The molecule has 0 aliphatic rings. The minimum atomic E-state index is -0.801. The van der Waals surface area contributed by atoms with Gasteiger partial charge in [-0.3, -0.25) is 9.59 Å². The Morgan fingerprint density at radius 1 is 0.536 bits per heavy atom. The van der Waals surface area contributed by atoms with Gasteiger partial charge in [0.1, 0.15) is 6.10 Å². The Labute approximate surface area is 346 Å². The Morgan fingerprint density at radius 3 is 1.55 bits per heavy atom. The summed E-state index contributed by atoms with van der Waals surface area (Å²) in [7, 11) is 0. The van der Waals surface area contributed by atoms with Gasteiger partial charge in [-0.05, 0) is 64.2 Å². The highest BCUT2D eigenvalue weighted by atomic mass is 16.5. The molecule has 324 valence electrons. The number of esters is 1. The third-order valence-electron chi connectivity index (χ3n) is 10.4. The standard InChI is InChI=1S/C50H89NO5/c1-4-7-10-13-16-19-22-25-28-31-34-37-40-43-50(55)56-46(41-38-35-32-29-26-23-20-17-14-11-8-5-2)44-49(54)51-47(45-52)48(53)42-39-36-33-30-27-24-21-18-15-12-9-6-3/h7,10,13,16,19,22,25,28-29,32,46-48,52-53H,4-6,8-9,11-12,14-15,17-18,20-21,23-24,26-27,30-31,33-45H2,1-3H3,(H,51,54)/b10-7+,16-13+,22-19-,28-25-,32-29-. The molecule has 0 radical (unpaired) electrons. The van der Waals surface area contributed by atoms with Gasteiger partial charge in [-0.25, -0.2) is 0 Å². The van der Waals surface area contributed by atoms with Crippen molar-refractivity contribution in [2.75, 3.05) is 6.61 Å². The number of unbranched alkanes of at least 4 members (excludes halogenated alkanes) is 22. The molecule has 3 N–H and O–H groups in total. The molecule has 6 heteroatoms. The number of nitrogens with one attached hydrogen (secondary N) is 1. The van der Waals surface area contributed by atoms with E-state index >= 15 is 0 Å². The normalized spacial score (nSPS) is 13.9. The van der Waals surface area contributed by atoms with E-state index in [4.69, 9.17) is 4.74 Å². The molecule has 3 unspecified atom stereocenters. The van der Waals surface area contributed by atoms with Crippen LogP contribution in [-0.2, 0) is 14.3 Å². The molecule has 0 spiro atoms. The molecule has 0 bridgehead atoms. The third-order valence-corrected chi connectivity index (χ3v) is 10.4. The van der Waals surface area contributed by atoms with E-state index in [2.05, 4.69) is 56.5 Å². The van der Waals surface area contributed by atoms with Crippen LogP contribution in [0.2, 0.25) is 0 Å². The van der Waals surface area contributed by atoms with E-state index in [-0.39, 0.29) is 24.9 Å². The molecule has 0 aromatic rings. The number of carbonyl (C=O) groups is 2. The van der Waals surface area contributed by atoms with Crippen molar-refractivity contribution in [2.45, 2.75) is 238 Å². The number of aliphatic hydroxyl groups excluding tert-OH is 2. The second kappa shape index (κ2) is 43.7. The average molecular weight is 784 g/mol. The molecular formula is C50H89NO5. The number of carbonyl (C=O) groups excluding carboxylic acids is 2. The highest BCUT2D eigenvalue weighted by Gasteiger charge is 2.24. The summed E-state index contributed by atoms with van der Waals surface area (Å²) in [6, 6.07) is -0.718. The lowest BCUT2D eigenvalue weighted by Gasteiger charge is -2.24. The summed E-state index contributed by atoms with van der Waals surface area (Å²) in [5, 5.41) is 23.6. The Hall–Kier alpha value is -2.44. The molecule has 56 heavy (non-hydrogen) atoms. The number of ether oxygens (including phenoxy) is 1. The second-order valence-corrected chi connectivity index (χ2v) is 15.9. The van der Waals surface area contributed by atoms with Gasteiger partial charge in [0.05, 0.1) is 25.2 Å². The first-order valence-electron chi connectivity index (χ1n) is 23.6. The number of allylic oxidation sites excluding steroid dienone is 10. The molecule has 1 amide bonds. The fourth-order valence-electron chi connectivity index (χ4n) is 6.85. The Kier molecular flexibility index (Phi) is 41.8. The van der Waals surface area contributed by atoms with Crippen LogP contribution in [0.15, 0.2) is 60.8 Å². The minimum absolute atomic E-state index is 0.0394. The van der Waals surface area contributed by atoms with E-state index in [1.54, 1.807) is 0 Å². The first-order valence-corrected chi connectivity index (χ1v) is 23.6. The van der Waals surface area contributed by atoms with Crippen LogP contribution in [0.25, 0.3) is 0 Å². The van der Waals surface area contributed by atoms with Crippen molar-refractivity contribution in [1.29, 1.82) is 0 Å². The summed E-state index contributed by atoms with van der Waals surface area (Å²) in [6.07, 6.45) is 52.8. The second-order valence-electron chi connectivity index (χ2n) is 15.9. The molecule has 0 rings (SSSR count). The summed E-state index contributed by atoms with van der Waals surface area (Å²) < 4.78 is 5.87. The highest BCUT2D eigenvalue weighted by Crippen LogP contribution is 2.16. The zero-order valence-corrected chi connectivity index (χ0v) is 36.8. The van der Waals surface area contributed by atoms with Gasteiger partial charge >= 0.3 is 5.97 Å². The Bertz CT molecular complexity index is 1010. The topological polar surface area (TPSA) is 95.9 Å². The van der Waals surface area contributed by atoms with Crippen LogP contribution in [0, 0.1) is 0 Å². The summed E-state index contributed by atoms with van der Waals surface area (Å²) in [6.45, 7) is 6.30. The molecule has 6 nitrogen and oxygen atoms in total. The number of hydrogen-bond donors (Lipinski definition) is 3. The third kappa shape index (κ3) is 38.4. The summed E-state index contributed by atoms with van der Waals surface area (Å²) in [5.41, 5.74) is 0. The fraction of sp³-hybridized carbons (Fsp3) is 0.760. The fourth-order valence-corrected chi connectivity index (χ4v) is 6.85. The van der Waals surface area contributed by atoms with Gasteiger partial charge < -0.3 is 20.3 Å². The quantitative estimate of drug-likeness (QED) is 0.0248. The van der Waals surface area contributed by atoms with Crippen LogP contribution in [0.5, 0.6) is 0 Å². The monoisotopic (exact) mass is 784 g/mol. The largest absolute Gasteiger partial charge is 0.462 e. The molecule has 3 atom stereocenters.